The van der Waals surface area contributed by atoms with Crippen LogP contribution in [0.15, 0.2) is 30.3 Å². The highest BCUT2D eigenvalue weighted by Gasteiger charge is 2.46. The average Bonchev–Trinajstić information content (AvgIpc) is 2.97. The third kappa shape index (κ3) is 4.72. The van der Waals surface area contributed by atoms with E-state index in [1.807, 2.05) is 28.0 Å². The Hall–Kier alpha value is -2.37. The van der Waals surface area contributed by atoms with E-state index < -0.39 is 0 Å². The Kier molecular flexibility index (Phi) is 6.70. The standard InChI is InChI=1S/C22H31N3O3/c1-16(26)23-15-22(28)25-19(13-18-9-5-3-6-10-18)14-21-20(25)11-7-4-8-12-24(21)17(2)27/h3,5-6,9-10,19-21H,4,7-8,11-15H2,1-2H3,(H,23,26)/t19-,20-,21+/m1/s1. The van der Waals surface area contributed by atoms with Gasteiger partial charge in [0.1, 0.15) is 0 Å². The molecule has 0 radical (unpaired) electrons. The maximum Gasteiger partial charge on any atom is 0.242 e. The Bertz CT molecular complexity index is 706. The lowest BCUT2D eigenvalue weighted by Gasteiger charge is -2.37. The molecule has 6 nitrogen and oxygen atoms in total. The van der Waals surface area contributed by atoms with E-state index in [0.717, 1.165) is 45.1 Å². The largest absolute Gasteiger partial charge is 0.347 e. The van der Waals surface area contributed by atoms with Gasteiger partial charge in [0.15, 0.2) is 0 Å². The molecule has 3 rings (SSSR count). The van der Waals surface area contributed by atoms with Gasteiger partial charge in [-0.15, -0.1) is 0 Å². The van der Waals surface area contributed by atoms with Crippen molar-refractivity contribution in [1.82, 2.24) is 15.1 Å². The van der Waals surface area contributed by atoms with Crippen molar-refractivity contribution >= 4 is 17.7 Å². The lowest BCUT2D eigenvalue weighted by molar-refractivity contribution is -0.138. The molecule has 152 valence electrons. The summed E-state index contributed by atoms with van der Waals surface area (Å²) in [5.74, 6) is -0.161. The van der Waals surface area contributed by atoms with Crippen LogP contribution < -0.4 is 5.32 Å². The molecular formula is C22H31N3O3. The quantitative estimate of drug-likeness (QED) is 0.863. The first-order chi connectivity index (χ1) is 13.5. The van der Waals surface area contributed by atoms with Gasteiger partial charge in [-0.1, -0.05) is 43.2 Å². The molecule has 0 unspecified atom stereocenters. The van der Waals surface area contributed by atoms with Crippen LogP contribution in [0, 0.1) is 0 Å². The average molecular weight is 386 g/mol. The summed E-state index contributed by atoms with van der Waals surface area (Å²) in [5.41, 5.74) is 1.19. The molecule has 3 atom stereocenters. The second-order valence-electron chi connectivity index (χ2n) is 7.99. The van der Waals surface area contributed by atoms with Crippen LogP contribution in [0.5, 0.6) is 0 Å². The van der Waals surface area contributed by atoms with Crippen LogP contribution in [0.1, 0.15) is 51.5 Å². The highest BCUT2D eigenvalue weighted by molar-refractivity contribution is 5.84. The van der Waals surface area contributed by atoms with Gasteiger partial charge in [-0.25, -0.2) is 0 Å². The molecule has 1 aromatic rings. The highest BCUT2D eigenvalue weighted by atomic mass is 16.2. The van der Waals surface area contributed by atoms with Crippen molar-refractivity contribution in [2.24, 2.45) is 0 Å². The predicted molar refractivity (Wildman–Crippen MR) is 108 cm³/mol. The number of rotatable bonds is 4. The number of carbonyl (C=O) groups excluding carboxylic acids is 3. The number of nitrogens with zero attached hydrogens (tertiary/aromatic N) is 2. The Labute approximate surface area is 167 Å². The summed E-state index contributed by atoms with van der Waals surface area (Å²) in [6.07, 6.45) is 5.63. The van der Waals surface area contributed by atoms with E-state index in [4.69, 9.17) is 0 Å². The van der Waals surface area contributed by atoms with Crippen LogP contribution in [0.4, 0.5) is 0 Å². The summed E-state index contributed by atoms with van der Waals surface area (Å²) in [6.45, 7) is 3.84. The van der Waals surface area contributed by atoms with Crippen LogP contribution in [-0.4, -0.2) is 58.7 Å². The maximum atomic E-state index is 13.1. The normalized spacial score (nSPS) is 24.9. The summed E-state index contributed by atoms with van der Waals surface area (Å²) < 4.78 is 0. The number of benzene rings is 1. The van der Waals surface area contributed by atoms with Gasteiger partial charge in [0.05, 0.1) is 18.6 Å². The lowest BCUT2D eigenvalue weighted by atomic mass is 9.96. The van der Waals surface area contributed by atoms with Crippen LogP contribution in [0.2, 0.25) is 0 Å². The third-order valence-electron chi connectivity index (χ3n) is 6.00. The van der Waals surface area contributed by atoms with Crippen LogP contribution >= 0.6 is 0 Å². The zero-order valence-electron chi connectivity index (χ0n) is 16.9. The fraction of sp³-hybridized carbons (Fsp3) is 0.591. The van der Waals surface area contributed by atoms with Crippen molar-refractivity contribution in [2.75, 3.05) is 13.1 Å². The molecule has 2 heterocycles. The Morgan fingerprint density at radius 3 is 2.46 bits per heavy atom. The molecule has 1 N–H and O–H groups in total. The van der Waals surface area contributed by atoms with Gasteiger partial charge in [-0.2, -0.15) is 0 Å². The predicted octanol–water partition coefficient (Wildman–Crippen LogP) is 2.13. The van der Waals surface area contributed by atoms with Crippen molar-refractivity contribution in [3.63, 3.8) is 0 Å². The fourth-order valence-electron chi connectivity index (χ4n) is 4.79. The minimum Gasteiger partial charge on any atom is -0.347 e. The minimum absolute atomic E-state index is 0.0178. The first kappa shape index (κ1) is 20.4. The molecule has 28 heavy (non-hydrogen) atoms. The topological polar surface area (TPSA) is 69.7 Å². The molecular weight excluding hydrogens is 354 g/mol. The highest BCUT2D eigenvalue weighted by Crippen LogP contribution is 2.35. The first-order valence-electron chi connectivity index (χ1n) is 10.3. The van der Waals surface area contributed by atoms with Crippen molar-refractivity contribution in [3.8, 4) is 0 Å². The summed E-state index contributed by atoms with van der Waals surface area (Å²) >= 11 is 0. The van der Waals surface area contributed by atoms with Crippen molar-refractivity contribution in [2.45, 2.75) is 70.5 Å². The molecule has 0 saturated carbocycles. The summed E-state index contributed by atoms with van der Waals surface area (Å²) in [5, 5.41) is 2.65. The van der Waals surface area contributed by atoms with Gasteiger partial charge in [0.2, 0.25) is 17.7 Å². The van der Waals surface area contributed by atoms with Gasteiger partial charge < -0.3 is 15.1 Å². The maximum absolute atomic E-state index is 13.1. The first-order valence-corrected chi connectivity index (χ1v) is 10.3. The molecule has 0 aromatic heterocycles. The van der Waals surface area contributed by atoms with Crippen LogP contribution in [0.25, 0.3) is 0 Å². The number of likely N-dealkylation sites (tertiary alicyclic amines) is 2. The number of amides is 3. The summed E-state index contributed by atoms with van der Waals surface area (Å²) in [7, 11) is 0. The number of carbonyl (C=O) groups is 3. The van der Waals surface area contributed by atoms with Crippen LogP contribution in [0.3, 0.4) is 0 Å². The number of hydrogen-bond acceptors (Lipinski definition) is 3. The second-order valence-corrected chi connectivity index (χ2v) is 7.99. The Morgan fingerprint density at radius 2 is 1.79 bits per heavy atom. The fourth-order valence-corrected chi connectivity index (χ4v) is 4.79. The summed E-state index contributed by atoms with van der Waals surface area (Å²) in [4.78, 5) is 40.7. The zero-order chi connectivity index (χ0) is 20.1. The molecule has 0 spiro atoms. The van der Waals surface area contributed by atoms with Crippen molar-refractivity contribution in [1.29, 1.82) is 0 Å². The van der Waals surface area contributed by atoms with Crippen molar-refractivity contribution in [3.05, 3.63) is 35.9 Å². The molecule has 2 fully saturated rings. The molecule has 3 amide bonds. The molecule has 2 aliphatic rings. The SMILES string of the molecule is CC(=O)NCC(=O)N1[C@H](Cc2ccccc2)C[C@H]2[C@H]1CCCCCN2C(C)=O. The Balaban J connectivity index is 1.87. The van der Waals surface area contributed by atoms with E-state index in [9.17, 15) is 14.4 Å². The van der Waals surface area contributed by atoms with E-state index in [1.54, 1.807) is 6.92 Å². The number of nitrogens with one attached hydrogen (secondary N) is 1. The minimum atomic E-state index is -0.202. The van der Waals surface area contributed by atoms with Crippen molar-refractivity contribution < 1.29 is 14.4 Å². The number of hydrogen-bond donors (Lipinski definition) is 1. The molecule has 0 aliphatic carbocycles. The third-order valence-corrected chi connectivity index (χ3v) is 6.00. The van der Waals surface area contributed by atoms with Gasteiger partial charge in [-0.3, -0.25) is 14.4 Å². The van der Waals surface area contributed by atoms with Gasteiger partial charge >= 0.3 is 0 Å². The van der Waals surface area contributed by atoms with Gasteiger partial charge in [0, 0.05) is 26.4 Å². The number of fused-ring (bicyclic) bond motifs is 1. The van der Waals surface area contributed by atoms with Gasteiger partial charge in [0.25, 0.3) is 0 Å². The van der Waals surface area contributed by atoms with Crippen LogP contribution in [-0.2, 0) is 20.8 Å². The monoisotopic (exact) mass is 385 g/mol. The van der Waals surface area contributed by atoms with E-state index in [-0.39, 0.29) is 42.4 Å². The van der Waals surface area contributed by atoms with E-state index >= 15 is 0 Å². The Morgan fingerprint density at radius 1 is 1.04 bits per heavy atom. The molecule has 2 aliphatic heterocycles. The van der Waals surface area contributed by atoms with E-state index in [2.05, 4.69) is 17.4 Å². The smallest absolute Gasteiger partial charge is 0.242 e. The molecule has 6 heteroatoms. The van der Waals surface area contributed by atoms with E-state index in [0.29, 0.717) is 0 Å². The molecule has 0 bridgehead atoms. The molecule has 2 saturated heterocycles. The molecule has 1 aromatic carbocycles. The van der Waals surface area contributed by atoms with Gasteiger partial charge in [-0.05, 0) is 31.2 Å². The lowest BCUT2D eigenvalue weighted by Crippen LogP contribution is -2.52. The summed E-state index contributed by atoms with van der Waals surface area (Å²) in [6, 6.07) is 10.3. The zero-order valence-corrected chi connectivity index (χ0v) is 16.9. The van der Waals surface area contributed by atoms with E-state index in [1.165, 1.54) is 12.5 Å². The second kappa shape index (κ2) is 9.22.